The highest BCUT2D eigenvalue weighted by molar-refractivity contribution is 6.05. The maximum atomic E-state index is 13.0. The van der Waals surface area contributed by atoms with E-state index in [2.05, 4.69) is 30.3 Å². The lowest BCUT2D eigenvalue weighted by atomic mass is 9.84. The standard InChI is InChI=1S/C22H30N4O3/c1-22(9-3-4-18(22)23)13-25(2)11-14-5-6-15-12-26(21(29)16(15)10-14)17-7-8-19(27)24-20(17)28/h5-6,10,17-18H,3-4,7-9,11-13,23H2,1-2H3,(H,24,27,28)/t17?,18-,22+/m0/s1. The first-order chi connectivity index (χ1) is 13.8. The molecule has 2 heterocycles. The first-order valence-corrected chi connectivity index (χ1v) is 10.5. The number of piperidine rings is 1. The number of hydrogen-bond acceptors (Lipinski definition) is 5. The molecule has 4 rings (SSSR count). The maximum Gasteiger partial charge on any atom is 0.255 e. The summed E-state index contributed by atoms with van der Waals surface area (Å²) in [4.78, 5) is 40.4. The van der Waals surface area contributed by atoms with Gasteiger partial charge in [-0.25, -0.2) is 0 Å². The molecule has 3 aliphatic rings. The van der Waals surface area contributed by atoms with E-state index in [1.54, 1.807) is 4.90 Å². The van der Waals surface area contributed by atoms with Crippen molar-refractivity contribution >= 4 is 17.7 Å². The van der Waals surface area contributed by atoms with E-state index in [1.165, 1.54) is 6.42 Å². The highest BCUT2D eigenvalue weighted by Crippen LogP contribution is 2.37. The number of hydrogen-bond donors (Lipinski definition) is 2. The molecule has 29 heavy (non-hydrogen) atoms. The Morgan fingerprint density at radius 2 is 2.07 bits per heavy atom. The number of amides is 3. The van der Waals surface area contributed by atoms with Crippen LogP contribution in [0.5, 0.6) is 0 Å². The van der Waals surface area contributed by atoms with Crippen LogP contribution in [0.4, 0.5) is 0 Å². The summed E-state index contributed by atoms with van der Waals surface area (Å²) >= 11 is 0. The zero-order chi connectivity index (χ0) is 20.8. The van der Waals surface area contributed by atoms with Crippen molar-refractivity contribution in [2.45, 2.75) is 64.2 Å². The molecule has 0 aromatic heterocycles. The Bertz CT molecular complexity index is 854. The van der Waals surface area contributed by atoms with Gasteiger partial charge in [0, 0.05) is 37.7 Å². The molecule has 7 nitrogen and oxygen atoms in total. The maximum absolute atomic E-state index is 13.0. The molecule has 7 heteroatoms. The van der Waals surface area contributed by atoms with E-state index in [-0.39, 0.29) is 35.6 Å². The van der Waals surface area contributed by atoms with Crippen LogP contribution in [0.3, 0.4) is 0 Å². The smallest absolute Gasteiger partial charge is 0.255 e. The molecule has 1 unspecified atom stereocenters. The molecule has 156 valence electrons. The van der Waals surface area contributed by atoms with E-state index < -0.39 is 6.04 Å². The van der Waals surface area contributed by atoms with Crippen molar-refractivity contribution in [2.75, 3.05) is 13.6 Å². The monoisotopic (exact) mass is 398 g/mol. The highest BCUT2D eigenvalue weighted by Gasteiger charge is 2.39. The van der Waals surface area contributed by atoms with Crippen LogP contribution in [0, 0.1) is 5.41 Å². The average Bonchev–Trinajstić information content (AvgIpc) is 3.15. The van der Waals surface area contributed by atoms with Gasteiger partial charge in [-0.05, 0) is 48.9 Å². The fourth-order valence-electron chi connectivity index (χ4n) is 5.14. The van der Waals surface area contributed by atoms with Gasteiger partial charge in [-0.2, -0.15) is 0 Å². The summed E-state index contributed by atoms with van der Waals surface area (Å²) in [7, 11) is 2.10. The normalized spacial score (nSPS) is 29.5. The Morgan fingerprint density at radius 3 is 2.76 bits per heavy atom. The summed E-state index contributed by atoms with van der Waals surface area (Å²) in [5.74, 6) is -0.760. The molecule has 3 N–H and O–H groups in total. The predicted octanol–water partition coefficient (Wildman–Crippen LogP) is 1.40. The third kappa shape index (κ3) is 3.81. The van der Waals surface area contributed by atoms with Crippen LogP contribution in [0.1, 0.15) is 60.5 Å². The molecule has 2 aliphatic heterocycles. The zero-order valence-electron chi connectivity index (χ0n) is 17.2. The molecule has 2 fully saturated rings. The molecule has 3 amide bonds. The first-order valence-electron chi connectivity index (χ1n) is 10.5. The molecular weight excluding hydrogens is 368 g/mol. The number of carbonyl (C=O) groups excluding carboxylic acids is 3. The van der Waals surface area contributed by atoms with Crippen LogP contribution < -0.4 is 11.1 Å². The number of imide groups is 1. The van der Waals surface area contributed by atoms with Crippen LogP contribution >= 0.6 is 0 Å². The molecule has 1 saturated carbocycles. The third-order valence-electron chi connectivity index (χ3n) is 6.83. The van der Waals surface area contributed by atoms with Crippen LogP contribution in [0.25, 0.3) is 0 Å². The van der Waals surface area contributed by atoms with Crippen LogP contribution in [-0.2, 0) is 22.7 Å². The minimum absolute atomic E-state index is 0.122. The lowest BCUT2D eigenvalue weighted by Gasteiger charge is -2.33. The van der Waals surface area contributed by atoms with Gasteiger partial charge in [0.2, 0.25) is 11.8 Å². The van der Waals surface area contributed by atoms with E-state index in [0.29, 0.717) is 18.5 Å². The van der Waals surface area contributed by atoms with Crippen molar-refractivity contribution in [3.63, 3.8) is 0 Å². The van der Waals surface area contributed by atoms with Crippen molar-refractivity contribution in [1.29, 1.82) is 0 Å². The summed E-state index contributed by atoms with van der Waals surface area (Å²) in [5, 5.41) is 2.34. The summed E-state index contributed by atoms with van der Waals surface area (Å²) in [6.07, 6.45) is 4.09. The molecule has 1 aromatic carbocycles. The SMILES string of the molecule is CN(Cc1ccc2c(c1)C(=O)N(C1CCC(=O)NC1=O)C2)C[C@@]1(C)CCC[C@@H]1N. The molecule has 1 aromatic rings. The average molecular weight is 399 g/mol. The molecule has 1 aliphatic carbocycles. The van der Waals surface area contributed by atoms with Crippen LogP contribution in [0.2, 0.25) is 0 Å². The van der Waals surface area contributed by atoms with Crippen molar-refractivity contribution in [3.8, 4) is 0 Å². The van der Waals surface area contributed by atoms with Crippen molar-refractivity contribution in [2.24, 2.45) is 11.1 Å². The van der Waals surface area contributed by atoms with Gasteiger partial charge in [-0.1, -0.05) is 25.5 Å². The molecule has 3 atom stereocenters. The second kappa shape index (κ2) is 7.54. The van der Waals surface area contributed by atoms with E-state index >= 15 is 0 Å². The van der Waals surface area contributed by atoms with Crippen LogP contribution in [-0.4, -0.2) is 53.2 Å². The quantitative estimate of drug-likeness (QED) is 0.731. The number of rotatable bonds is 5. The molecule has 0 bridgehead atoms. The van der Waals surface area contributed by atoms with E-state index in [4.69, 9.17) is 5.73 Å². The van der Waals surface area contributed by atoms with E-state index in [9.17, 15) is 14.4 Å². The second-order valence-electron chi connectivity index (χ2n) is 9.22. The zero-order valence-corrected chi connectivity index (χ0v) is 17.2. The predicted molar refractivity (Wildman–Crippen MR) is 109 cm³/mol. The van der Waals surface area contributed by atoms with E-state index in [1.807, 2.05) is 12.1 Å². The Kier molecular flexibility index (Phi) is 5.21. The number of benzene rings is 1. The number of nitrogens with two attached hydrogens (primary N) is 1. The molecular formula is C22H30N4O3. The van der Waals surface area contributed by atoms with Gasteiger partial charge in [0.1, 0.15) is 6.04 Å². The second-order valence-corrected chi connectivity index (χ2v) is 9.22. The first kappa shape index (κ1) is 20.0. The van der Waals surface area contributed by atoms with Gasteiger partial charge in [-0.3, -0.25) is 19.7 Å². The van der Waals surface area contributed by atoms with Crippen LogP contribution in [0.15, 0.2) is 18.2 Å². The van der Waals surface area contributed by atoms with Crippen molar-refractivity contribution in [1.82, 2.24) is 15.1 Å². The lowest BCUT2D eigenvalue weighted by Crippen LogP contribution is -2.52. The minimum atomic E-state index is -0.567. The lowest BCUT2D eigenvalue weighted by molar-refractivity contribution is -0.136. The molecule has 1 saturated heterocycles. The summed E-state index contributed by atoms with van der Waals surface area (Å²) in [6, 6.07) is 5.69. The number of carbonyl (C=O) groups is 3. The van der Waals surface area contributed by atoms with Gasteiger partial charge in [0.05, 0.1) is 0 Å². The van der Waals surface area contributed by atoms with Gasteiger partial charge >= 0.3 is 0 Å². The third-order valence-corrected chi connectivity index (χ3v) is 6.83. The summed E-state index contributed by atoms with van der Waals surface area (Å²) < 4.78 is 0. The Balaban J connectivity index is 1.44. The van der Waals surface area contributed by atoms with Crippen molar-refractivity contribution < 1.29 is 14.4 Å². The largest absolute Gasteiger partial charge is 0.327 e. The minimum Gasteiger partial charge on any atom is -0.327 e. The number of nitrogens with zero attached hydrogens (tertiary/aromatic N) is 2. The van der Waals surface area contributed by atoms with Gasteiger partial charge in [0.15, 0.2) is 0 Å². The van der Waals surface area contributed by atoms with Gasteiger partial charge in [0.25, 0.3) is 5.91 Å². The molecule has 0 spiro atoms. The Hall–Kier alpha value is -2.25. The fourth-order valence-corrected chi connectivity index (χ4v) is 5.14. The summed E-state index contributed by atoms with van der Waals surface area (Å²) in [5.41, 5.74) is 9.16. The fraction of sp³-hybridized carbons (Fsp3) is 0.591. The number of fused-ring (bicyclic) bond motifs is 1. The van der Waals surface area contributed by atoms with E-state index in [0.717, 1.165) is 37.1 Å². The Morgan fingerprint density at radius 1 is 1.28 bits per heavy atom. The Labute approximate surface area is 171 Å². The van der Waals surface area contributed by atoms with Crippen molar-refractivity contribution in [3.05, 3.63) is 34.9 Å². The highest BCUT2D eigenvalue weighted by atomic mass is 16.2. The number of nitrogens with one attached hydrogen (secondary N) is 1. The molecule has 0 radical (unpaired) electrons. The topological polar surface area (TPSA) is 95.7 Å². The summed E-state index contributed by atoms with van der Waals surface area (Å²) in [6.45, 7) is 4.37. The van der Waals surface area contributed by atoms with Gasteiger partial charge < -0.3 is 15.5 Å². The van der Waals surface area contributed by atoms with Gasteiger partial charge in [-0.15, -0.1) is 0 Å².